The van der Waals surface area contributed by atoms with Crippen molar-refractivity contribution < 1.29 is 0 Å². The van der Waals surface area contributed by atoms with E-state index in [0.717, 1.165) is 106 Å². The molecule has 2 heterocycles. The zero-order valence-electron chi connectivity index (χ0n) is 34.3. The van der Waals surface area contributed by atoms with Gasteiger partial charge in [0.2, 0.25) is 0 Å². The van der Waals surface area contributed by atoms with Crippen molar-refractivity contribution in [3.8, 4) is 67.3 Å². The van der Waals surface area contributed by atoms with E-state index in [-0.39, 0.29) is 0 Å². The summed E-state index contributed by atoms with van der Waals surface area (Å²) in [7, 11) is 0. The quantitative estimate of drug-likeness (QED) is 0.145. The highest BCUT2D eigenvalue weighted by atomic mass is 15.1. The van der Waals surface area contributed by atoms with Gasteiger partial charge in [0, 0.05) is 39.3 Å². The molecule has 63 heavy (non-hydrogen) atoms. The first kappa shape index (κ1) is 37.5. The van der Waals surface area contributed by atoms with Gasteiger partial charge >= 0.3 is 0 Å². The molecule has 0 fully saturated rings. The standard InChI is InChI=1S/C58H39N5/c1-4-16-42(17-5-1)55-57(61-53-28-12-10-26-51(53)59-55)46-22-14-20-44(38-46)40-30-34-49(35-31-40)63(48-24-8-3-9-25-48)50-36-32-41(33-37-50)45-21-15-23-47(39-45)58-56(43-18-6-2-7-19-43)60-52-27-11-13-29-54(52)62-58/h1-39H. The van der Waals surface area contributed by atoms with Gasteiger partial charge in [-0.3, -0.25) is 0 Å². The molecule has 11 rings (SSSR count). The molecule has 0 radical (unpaired) electrons. The van der Waals surface area contributed by atoms with Gasteiger partial charge in [0.25, 0.3) is 0 Å². The van der Waals surface area contributed by atoms with E-state index in [4.69, 9.17) is 19.9 Å². The maximum absolute atomic E-state index is 5.15. The molecule has 0 amide bonds. The summed E-state index contributed by atoms with van der Waals surface area (Å²) in [6.07, 6.45) is 0. The van der Waals surface area contributed by atoms with Crippen molar-refractivity contribution in [3.63, 3.8) is 0 Å². The number of fused-ring (bicyclic) bond motifs is 2. The van der Waals surface area contributed by atoms with E-state index in [9.17, 15) is 0 Å². The largest absolute Gasteiger partial charge is 0.311 e. The van der Waals surface area contributed by atoms with Crippen molar-refractivity contribution in [2.45, 2.75) is 0 Å². The minimum atomic E-state index is 0.864. The van der Waals surface area contributed by atoms with E-state index >= 15 is 0 Å². The molecule has 0 bridgehead atoms. The SMILES string of the molecule is c1ccc(-c2nc3ccccc3nc2-c2cccc(-c3ccc(N(c4ccccc4)c4ccc(-c5cccc(-c6nc7ccccc7nc6-c6ccccc6)c5)cc4)cc3)c2)cc1. The lowest BCUT2D eigenvalue weighted by Crippen LogP contribution is -2.09. The third-order valence-corrected chi connectivity index (χ3v) is 11.4. The molecule has 11 aromatic rings. The zero-order valence-corrected chi connectivity index (χ0v) is 34.3. The predicted molar refractivity (Wildman–Crippen MR) is 260 cm³/mol. The Balaban J connectivity index is 0.916. The average Bonchev–Trinajstić information content (AvgIpc) is 3.37. The molecule has 0 atom stereocenters. The van der Waals surface area contributed by atoms with Crippen LogP contribution in [-0.2, 0) is 0 Å². The van der Waals surface area contributed by atoms with Gasteiger partial charge in [0.15, 0.2) is 0 Å². The van der Waals surface area contributed by atoms with Gasteiger partial charge in [-0.1, -0.05) is 164 Å². The van der Waals surface area contributed by atoms with Gasteiger partial charge in [0.05, 0.1) is 44.8 Å². The van der Waals surface area contributed by atoms with Gasteiger partial charge in [0.1, 0.15) is 0 Å². The number of hydrogen-bond donors (Lipinski definition) is 0. The first-order valence-electron chi connectivity index (χ1n) is 21.1. The van der Waals surface area contributed by atoms with Crippen molar-refractivity contribution in [1.29, 1.82) is 0 Å². The number of nitrogens with zero attached hydrogens (tertiary/aromatic N) is 5. The fourth-order valence-corrected chi connectivity index (χ4v) is 8.32. The van der Waals surface area contributed by atoms with Crippen molar-refractivity contribution in [3.05, 3.63) is 237 Å². The minimum absolute atomic E-state index is 0.864. The van der Waals surface area contributed by atoms with Crippen LogP contribution in [-0.4, -0.2) is 19.9 Å². The Kier molecular flexibility index (Phi) is 9.80. The van der Waals surface area contributed by atoms with Crippen LogP contribution < -0.4 is 4.90 Å². The average molecular weight is 806 g/mol. The number of anilines is 3. The monoisotopic (exact) mass is 805 g/mol. The van der Waals surface area contributed by atoms with Crippen LogP contribution in [0, 0.1) is 0 Å². The second kappa shape index (κ2) is 16.5. The lowest BCUT2D eigenvalue weighted by Gasteiger charge is -2.26. The fourth-order valence-electron chi connectivity index (χ4n) is 8.32. The molecular formula is C58H39N5. The van der Waals surface area contributed by atoms with Gasteiger partial charge in [-0.25, -0.2) is 19.9 Å². The molecule has 0 spiro atoms. The predicted octanol–water partition coefficient (Wildman–Crippen LogP) is 15.0. The third-order valence-electron chi connectivity index (χ3n) is 11.4. The van der Waals surface area contributed by atoms with Crippen molar-refractivity contribution in [2.75, 3.05) is 4.90 Å². The summed E-state index contributed by atoms with van der Waals surface area (Å²) < 4.78 is 0. The molecule has 0 saturated heterocycles. The number of benzene rings is 9. The van der Waals surface area contributed by atoms with Crippen LogP contribution in [0.15, 0.2) is 237 Å². The molecule has 5 heteroatoms. The third kappa shape index (κ3) is 7.49. The summed E-state index contributed by atoms with van der Waals surface area (Å²) >= 11 is 0. The van der Waals surface area contributed by atoms with Crippen LogP contribution >= 0.6 is 0 Å². The lowest BCUT2D eigenvalue weighted by atomic mass is 9.98. The first-order chi connectivity index (χ1) is 31.2. The molecule has 296 valence electrons. The Morgan fingerprint density at radius 3 is 0.873 bits per heavy atom. The molecule has 2 aromatic heterocycles. The van der Waals surface area contributed by atoms with Gasteiger partial charge in [-0.15, -0.1) is 0 Å². The molecule has 0 N–H and O–H groups in total. The second-order valence-electron chi connectivity index (χ2n) is 15.5. The van der Waals surface area contributed by atoms with E-state index in [1.54, 1.807) is 0 Å². The van der Waals surface area contributed by atoms with Crippen molar-refractivity contribution >= 4 is 39.1 Å². The maximum Gasteiger partial charge on any atom is 0.0973 e. The highest BCUT2D eigenvalue weighted by Gasteiger charge is 2.17. The Morgan fingerprint density at radius 1 is 0.206 bits per heavy atom. The molecule has 9 aromatic carbocycles. The van der Waals surface area contributed by atoms with E-state index in [2.05, 4.69) is 157 Å². The van der Waals surface area contributed by atoms with Gasteiger partial charge < -0.3 is 4.90 Å². The zero-order chi connectivity index (χ0) is 42.0. The molecule has 5 nitrogen and oxygen atoms in total. The van der Waals surface area contributed by atoms with E-state index in [1.165, 1.54) is 0 Å². The normalized spacial score (nSPS) is 11.2. The molecule has 0 aliphatic heterocycles. The Bertz CT molecular complexity index is 3160. The highest BCUT2D eigenvalue weighted by Crippen LogP contribution is 2.39. The highest BCUT2D eigenvalue weighted by molar-refractivity contribution is 5.89. The number of hydrogen-bond acceptors (Lipinski definition) is 5. The van der Waals surface area contributed by atoms with Crippen LogP contribution in [0.25, 0.3) is 89.4 Å². The fraction of sp³-hybridized carbons (Fsp3) is 0. The van der Waals surface area contributed by atoms with Crippen LogP contribution in [0.5, 0.6) is 0 Å². The van der Waals surface area contributed by atoms with Gasteiger partial charge in [-0.2, -0.15) is 0 Å². The second-order valence-corrected chi connectivity index (χ2v) is 15.5. The summed E-state index contributed by atoms with van der Waals surface area (Å²) in [5.41, 5.74) is 18.7. The van der Waals surface area contributed by atoms with Crippen LogP contribution in [0.2, 0.25) is 0 Å². The molecule has 0 aliphatic carbocycles. The molecular weight excluding hydrogens is 767 g/mol. The smallest absolute Gasteiger partial charge is 0.0973 e. The molecule has 0 saturated carbocycles. The van der Waals surface area contributed by atoms with Crippen molar-refractivity contribution in [2.24, 2.45) is 0 Å². The summed E-state index contributed by atoms with van der Waals surface area (Å²) in [6, 6.07) is 82.1. The molecule has 0 aliphatic rings. The number of aromatic nitrogens is 4. The molecule has 0 unspecified atom stereocenters. The van der Waals surface area contributed by atoms with E-state index in [1.807, 2.05) is 84.9 Å². The Morgan fingerprint density at radius 2 is 0.492 bits per heavy atom. The van der Waals surface area contributed by atoms with Crippen LogP contribution in [0.1, 0.15) is 0 Å². The van der Waals surface area contributed by atoms with Crippen LogP contribution in [0.4, 0.5) is 17.1 Å². The summed E-state index contributed by atoms with van der Waals surface area (Å²) in [4.78, 5) is 22.8. The first-order valence-corrected chi connectivity index (χ1v) is 21.1. The summed E-state index contributed by atoms with van der Waals surface area (Å²) in [5.74, 6) is 0. The number of para-hydroxylation sites is 5. The summed E-state index contributed by atoms with van der Waals surface area (Å²) in [5, 5.41) is 0. The minimum Gasteiger partial charge on any atom is -0.311 e. The Hall–Kier alpha value is -8.54. The number of rotatable bonds is 9. The summed E-state index contributed by atoms with van der Waals surface area (Å²) in [6.45, 7) is 0. The van der Waals surface area contributed by atoms with Gasteiger partial charge in [-0.05, 0) is 95.1 Å². The van der Waals surface area contributed by atoms with E-state index in [0.29, 0.717) is 0 Å². The maximum atomic E-state index is 5.15. The lowest BCUT2D eigenvalue weighted by molar-refractivity contribution is 1.28. The van der Waals surface area contributed by atoms with E-state index < -0.39 is 0 Å². The van der Waals surface area contributed by atoms with Crippen molar-refractivity contribution in [1.82, 2.24) is 19.9 Å². The van der Waals surface area contributed by atoms with Crippen LogP contribution in [0.3, 0.4) is 0 Å². The topological polar surface area (TPSA) is 54.8 Å². The Labute approximate surface area is 366 Å².